The predicted octanol–water partition coefficient (Wildman–Crippen LogP) is 4.16. The van der Waals surface area contributed by atoms with Crippen LogP contribution in [0.2, 0.25) is 0 Å². The van der Waals surface area contributed by atoms with Gasteiger partial charge in [0.15, 0.2) is 0 Å². The minimum atomic E-state index is -1.26. The first-order chi connectivity index (χ1) is 18.5. The third-order valence-corrected chi connectivity index (χ3v) is 6.25. The number of hydrogen-bond donors (Lipinski definition) is 4. The smallest absolute Gasteiger partial charge is 0.328 e. The van der Waals surface area contributed by atoms with Crippen LogP contribution in [0.15, 0.2) is 54.6 Å². The molecule has 4 N–H and O–H groups in total. The van der Waals surface area contributed by atoms with Crippen molar-refractivity contribution in [3.63, 3.8) is 0 Å². The normalized spacial score (nSPS) is 14.7. The molecule has 9 nitrogen and oxygen atoms in total. The van der Waals surface area contributed by atoms with Gasteiger partial charge in [-0.3, -0.25) is 0 Å². The molecule has 0 saturated heterocycles. The van der Waals surface area contributed by atoms with Crippen LogP contribution < -0.4 is 14.8 Å². The van der Waals surface area contributed by atoms with E-state index in [-0.39, 0.29) is 11.6 Å². The molecule has 0 aromatic heterocycles. The van der Waals surface area contributed by atoms with E-state index < -0.39 is 18.0 Å². The number of para-hydroxylation sites is 1. The number of rotatable bonds is 14. The van der Waals surface area contributed by atoms with Gasteiger partial charge in [-0.1, -0.05) is 30.3 Å². The first-order valence-electron chi connectivity index (χ1n) is 12.9. The highest BCUT2D eigenvalue weighted by molar-refractivity contribution is 5.89. The molecule has 1 fully saturated rings. The van der Waals surface area contributed by atoms with Gasteiger partial charge >= 0.3 is 11.9 Å². The van der Waals surface area contributed by atoms with Gasteiger partial charge in [-0.25, -0.2) is 9.59 Å². The number of carbonyl (C=O) groups is 2. The third-order valence-electron chi connectivity index (χ3n) is 6.25. The molecule has 3 rings (SSSR count). The van der Waals surface area contributed by atoms with Gasteiger partial charge in [-0.05, 0) is 69.2 Å². The second-order valence-corrected chi connectivity index (χ2v) is 10.2. The summed E-state index contributed by atoms with van der Waals surface area (Å²) in [6.07, 6.45) is 3.69. The number of benzene rings is 2. The highest BCUT2D eigenvalue weighted by Crippen LogP contribution is 2.45. The van der Waals surface area contributed by atoms with E-state index in [0.717, 1.165) is 41.9 Å². The van der Waals surface area contributed by atoms with E-state index in [1.807, 2.05) is 24.3 Å². The molecule has 214 valence electrons. The molecule has 1 saturated carbocycles. The summed E-state index contributed by atoms with van der Waals surface area (Å²) in [5.74, 6) is -0.253. The summed E-state index contributed by atoms with van der Waals surface area (Å²) < 4.78 is 17.1. The second-order valence-electron chi connectivity index (χ2n) is 10.2. The van der Waals surface area contributed by atoms with Crippen LogP contribution in [0.25, 0.3) is 0 Å². The number of hydrogen-bond acceptors (Lipinski definition) is 7. The minimum absolute atomic E-state index is 0.0268. The highest BCUT2D eigenvalue weighted by Gasteiger charge is 2.35. The average Bonchev–Trinajstić information content (AvgIpc) is 3.72. The van der Waals surface area contributed by atoms with Gasteiger partial charge in [0.25, 0.3) is 0 Å². The predicted molar refractivity (Wildman–Crippen MR) is 148 cm³/mol. The van der Waals surface area contributed by atoms with Gasteiger partial charge in [0.1, 0.15) is 11.5 Å². The van der Waals surface area contributed by atoms with Crippen molar-refractivity contribution in [2.75, 3.05) is 27.4 Å². The Bertz CT molecular complexity index is 1090. The van der Waals surface area contributed by atoms with Crippen molar-refractivity contribution in [1.29, 1.82) is 0 Å². The topological polar surface area (TPSA) is 135 Å². The van der Waals surface area contributed by atoms with Crippen LogP contribution in [-0.2, 0) is 20.7 Å². The van der Waals surface area contributed by atoms with Crippen LogP contribution in [0, 0.1) is 12.8 Å². The van der Waals surface area contributed by atoms with E-state index in [2.05, 4.69) is 44.3 Å². The number of ether oxygens (including phenoxy) is 3. The van der Waals surface area contributed by atoms with Crippen molar-refractivity contribution in [3.05, 3.63) is 71.3 Å². The average molecular weight is 544 g/mol. The zero-order valence-corrected chi connectivity index (χ0v) is 23.3. The maximum atomic E-state index is 10.6. The second kappa shape index (κ2) is 15.3. The Morgan fingerprint density at radius 1 is 1.03 bits per heavy atom. The van der Waals surface area contributed by atoms with Crippen molar-refractivity contribution >= 4 is 11.9 Å². The number of β-amino-alcohol motifs (C(OH)–C–C–N with tert-alkyl or cyclic N) is 1. The first-order valence-corrected chi connectivity index (χ1v) is 12.9. The lowest BCUT2D eigenvalue weighted by atomic mass is 9.93. The maximum Gasteiger partial charge on any atom is 0.328 e. The number of carboxylic acids is 2. The molecule has 0 aliphatic heterocycles. The van der Waals surface area contributed by atoms with E-state index in [1.54, 1.807) is 14.2 Å². The molecule has 39 heavy (non-hydrogen) atoms. The Hall–Kier alpha value is -3.40. The fraction of sp³-hybridized carbons (Fsp3) is 0.467. The van der Waals surface area contributed by atoms with Crippen molar-refractivity contribution < 1.29 is 39.1 Å². The van der Waals surface area contributed by atoms with Crippen LogP contribution in [0.1, 0.15) is 49.5 Å². The summed E-state index contributed by atoms with van der Waals surface area (Å²) in [5.41, 5.74) is 3.29. The van der Waals surface area contributed by atoms with Crippen molar-refractivity contribution in [2.45, 2.75) is 57.8 Å². The Labute approximate surface area is 230 Å². The maximum absolute atomic E-state index is 10.6. The number of aliphatic hydroxyl groups excluding tert-OH is 1. The summed E-state index contributed by atoms with van der Waals surface area (Å²) >= 11 is 0. The molecule has 0 bridgehead atoms. The van der Waals surface area contributed by atoms with Crippen molar-refractivity contribution in [2.24, 2.45) is 5.92 Å². The van der Waals surface area contributed by atoms with Gasteiger partial charge in [0.2, 0.25) is 0 Å². The largest absolute Gasteiger partial charge is 0.496 e. The van der Waals surface area contributed by atoms with Gasteiger partial charge in [0, 0.05) is 29.8 Å². The van der Waals surface area contributed by atoms with E-state index in [1.165, 1.54) is 5.56 Å². The lowest BCUT2D eigenvalue weighted by Crippen LogP contribution is -2.46. The van der Waals surface area contributed by atoms with Crippen molar-refractivity contribution in [3.8, 4) is 11.5 Å². The summed E-state index contributed by atoms with van der Waals surface area (Å²) in [5, 5.41) is 29.7. The van der Waals surface area contributed by atoms with E-state index in [9.17, 15) is 14.7 Å². The molecule has 9 heteroatoms. The summed E-state index contributed by atoms with van der Waals surface area (Å²) in [6.45, 7) is 7.14. The molecular weight excluding hydrogens is 502 g/mol. The van der Waals surface area contributed by atoms with Gasteiger partial charge in [-0.15, -0.1) is 0 Å². The number of methoxy groups -OCH3 is 2. The number of nitrogens with one attached hydrogen (secondary N) is 1. The minimum Gasteiger partial charge on any atom is -0.496 e. The molecule has 2 aromatic rings. The van der Waals surface area contributed by atoms with E-state index in [4.69, 9.17) is 24.4 Å². The van der Waals surface area contributed by atoms with Gasteiger partial charge < -0.3 is 34.8 Å². The third kappa shape index (κ3) is 11.5. The molecule has 2 aromatic carbocycles. The Balaban J connectivity index is 0.000000580. The molecule has 0 spiro atoms. The van der Waals surface area contributed by atoms with Crippen LogP contribution in [0.5, 0.6) is 11.5 Å². The standard InChI is InChI=1S/C26H37NO4.C4H4O4/c1-18-14-19(10-13-23(18)29-4)15-26(2,3)27-16-21(28)17-31-25(20-11-12-20)22-8-6-7-9-24(22)30-5;5-3(6)1-2-4(7)8/h6-10,13-14,20-21,25,27-28H,11-12,15-17H2,1-5H3;1-2H,(H,5,6)(H,7,8)/b;2-1+/t21-,25-;/m1./s1. The van der Waals surface area contributed by atoms with Crippen LogP contribution in [-0.4, -0.2) is 66.3 Å². The lowest BCUT2D eigenvalue weighted by Gasteiger charge is -2.29. The molecule has 0 heterocycles. The van der Waals surface area contributed by atoms with Crippen LogP contribution in [0.3, 0.4) is 0 Å². The number of aryl methyl sites for hydroxylation is 1. The number of aliphatic carboxylic acids is 2. The molecule has 1 aliphatic rings. The van der Waals surface area contributed by atoms with Gasteiger partial charge in [-0.2, -0.15) is 0 Å². The quantitative estimate of drug-likeness (QED) is 0.259. The monoisotopic (exact) mass is 543 g/mol. The Kier molecular flexibility index (Phi) is 12.4. The highest BCUT2D eigenvalue weighted by atomic mass is 16.5. The van der Waals surface area contributed by atoms with Crippen molar-refractivity contribution in [1.82, 2.24) is 5.32 Å². The fourth-order valence-electron chi connectivity index (χ4n) is 4.21. The van der Waals surface area contributed by atoms with Crippen LogP contribution in [0.4, 0.5) is 0 Å². The number of carboxylic acid groups (broad SMARTS) is 2. The number of aliphatic hydroxyl groups is 1. The zero-order chi connectivity index (χ0) is 29.0. The molecule has 2 atom stereocenters. The molecule has 0 unspecified atom stereocenters. The molecular formula is C30H41NO8. The van der Waals surface area contributed by atoms with E-state index >= 15 is 0 Å². The summed E-state index contributed by atoms with van der Waals surface area (Å²) in [7, 11) is 3.38. The van der Waals surface area contributed by atoms with E-state index in [0.29, 0.717) is 31.2 Å². The Morgan fingerprint density at radius 3 is 2.18 bits per heavy atom. The van der Waals surface area contributed by atoms with Crippen LogP contribution >= 0.6 is 0 Å². The molecule has 1 aliphatic carbocycles. The fourth-order valence-corrected chi connectivity index (χ4v) is 4.21. The zero-order valence-electron chi connectivity index (χ0n) is 23.3. The SMILES string of the molecule is COc1ccc(CC(C)(C)NC[C@@H](O)CO[C@@H](c2ccccc2OC)C2CC2)cc1C.O=C(O)/C=C/C(=O)O. The molecule has 0 radical (unpaired) electrons. The van der Waals surface area contributed by atoms with Gasteiger partial charge in [0.05, 0.1) is 33.0 Å². The Morgan fingerprint density at radius 2 is 1.64 bits per heavy atom. The lowest BCUT2D eigenvalue weighted by molar-refractivity contribution is -0.134. The molecule has 0 amide bonds. The summed E-state index contributed by atoms with van der Waals surface area (Å²) in [6, 6.07) is 14.3. The summed E-state index contributed by atoms with van der Waals surface area (Å²) in [4.78, 5) is 19.1. The first kappa shape index (κ1) is 31.8.